The van der Waals surface area contributed by atoms with Crippen LogP contribution in [0.4, 0.5) is 4.39 Å². The van der Waals surface area contributed by atoms with Gasteiger partial charge in [-0.2, -0.15) is 4.39 Å². The van der Waals surface area contributed by atoms with Crippen LogP contribution < -0.4 is 0 Å². The summed E-state index contributed by atoms with van der Waals surface area (Å²) in [6, 6.07) is 2.46. The van der Waals surface area contributed by atoms with Crippen molar-refractivity contribution in [3.05, 3.63) is 28.3 Å². The van der Waals surface area contributed by atoms with Crippen molar-refractivity contribution in [3.63, 3.8) is 0 Å². The van der Waals surface area contributed by atoms with E-state index in [4.69, 9.17) is 23.2 Å². The van der Waals surface area contributed by atoms with E-state index in [1.54, 1.807) is 0 Å². The number of hydrogen-bond acceptors (Lipinski definition) is 1. The molecular formula is C5H2Cl2FN. The average molecular weight is 166 g/mol. The van der Waals surface area contributed by atoms with E-state index in [9.17, 15) is 4.39 Å². The van der Waals surface area contributed by atoms with Crippen molar-refractivity contribution in [2.45, 2.75) is 0 Å². The van der Waals surface area contributed by atoms with E-state index >= 15 is 0 Å². The van der Waals surface area contributed by atoms with Gasteiger partial charge in [-0.05, 0) is 6.07 Å². The molecular weight excluding hydrogens is 164 g/mol. The molecule has 0 aliphatic carbocycles. The van der Waals surface area contributed by atoms with Gasteiger partial charge in [0.25, 0.3) is 0 Å². The van der Waals surface area contributed by atoms with Crippen LogP contribution in [0.15, 0.2) is 12.1 Å². The van der Waals surface area contributed by atoms with Gasteiger partial charge in [-0.25, -0.2) is 4.98 Å². The van der Waals surface area contributed by atoms with Gasteiger partial charge in [0.1, 0.15) is 5.15 Å². The van der Waals surface area contributed by atoms with E-state index in [2.05, 4.69) is 4.98 Å². The molecule has 0 saturated heterocycles. The van der Waals surface area contributed by atoms with Crippen LogP contribution in [0.2, 0.25) is 10.2 Å². The fourth-order valence-electron chi connectivity index (χ4n) is 0.436. The van der Waals surface area contributed by atoms with E-state index in [-0.39, 0.29) is 10.2 Å². The Labute approximate surface area is 61.4 Å². The molecule has 4 heteroatoms. The molecule has 9 heavy (non-hydrogen) atoms. The minimum Gasteiger partial charge on any atom is -0.208 e. The standard InChI is InChI=1S/C5H2Cl2FN/c6-3-1-4(7)9-5(8)2-3/h1-2H. The van der Waals surface area contributed by atoms with Crippen LogP contribution in [0.3, 0.4) is 0 Å². The predicted molar refractivity (Wildman–Crippen MR) is 34.2 cm³/mol. The number of aromatic nitrogens is 1. The number of nitrogens with zero attached hydrogens (tertiary/aromatic N) is 1. The molecule has 0 radical (unpaired) electrons. The molecule has 0 spiro atoms. The third-order valence-corrected chi connectivity index (χ3v) is 1.14. The summed E-state index contributed by atoms with van der Waals surface area (Å²) in [7, 11) is 0. The lowest BCUT2D eigenvalue weighted by molar-refractivity contribution is 0.584. The first kappa shape index (κ1) is 6.78. The Balaban J connectivity index is 3.17. The highest BCUT2D eigenvalue weighted by Gasteiger charge is 1.95. The van der Waals surface area contributed by atoms with E-state index in [1.807, 2.05) is 0 Å². The SMILES string of the molecule is Fc1cc(Cl)cc(Cl)n1. The smallest absolute Gasteiger partial charge is 0.208 e. The lowest BCUT2D eigenvalue weighted by Gasteiger charge is -1.89. The van der Waals surface area contributed by atoms with Crippen molar-refractivity contribution >= 4 is 23.2 Å². The average Bonchev–Trinajstić information content (AvgIpc) is 1.59. The van der Waals surface area contributed by atoms with Gasteiger partial charge in [0, 0.05) is 11.1 Å². The van der Waals surface area contributed by atoms with Crippen molar-refractivity contribution < 1.29 is 4.39 Å². The Kier molecular flexibility index (Phi) is 1.88. The summed E-state index contributed by atoms with van der Waals surface area (Å²) in [5.74, 6) is -0.660. The molecule has 0 aliphatic heterocycles. The highest BCUT2D eigenvalue weighted by molar-refractivity contribution is 6.33. The topological polar surface area (TPSA) is 12.9 Å². The Morgan fingerprint density at radius 1 is 1.33 bits per heavy atom. The van der Waals surface area contributed by atoms with Crippen LogP contribution in [0.5, 0.6) is 0 Å². The Morgan fingerprint density at radius 2 is 2.00 bits per heavy atom. The van der Waals surface area contributed by atoms with Crippen molar-refractivity contribution in [1.29, 1.82) is 0 Å². The largest absolute Gasteiger partial charge is 0.215 e. The van der Waals surface area contributed by atoms with E-state index in [0.29, 0.717) is 0 Å². The normalized spacial score (nSPS) is 9.67. The van der Waals surface area contributed by atoms with Gasteiger partial charge in [0.15, 0.2) is 0 Å². The van der Waals surface area contributed by atoms with Gasteiger partial charge in [-0.3, -0.25) is 0 Å². The van der Waals surface area contributed by atoms with Crippen LogP contribution in [-0.4, -0.2) is 4.98 Å². The van der Waals surface area contributed by atoms with Crippen LogP contribution in [0.25, 0.3) is 0 Å². The monoisotopic (exact) mass is 165 g/mol. The highest BCUT2D eigenvalue weighted by Crippen LogP contribution is 2.13. The molecule has 1 heterocycles. The molecule has 0 aliphatic rings. The predicted octanol–water partition coefficient (Wildman–Crippen LogP) is 2.53. The minimum absolute atomic E-state index is 0.0694. The Hall–Kier alpha value is -0.340. The van der Waals surface area contributed by atoms with Gasteiger partial charge >= 0.3 is 0 Å². The third kappa shape index (κ3) is 1.80. The van der Waals surface area contributed by atoms with Gasteiger partial charge in [-0.15, -0.1) is 0 Å². The first-order valence-corrected chi connectivity index (χ1v) is 2.92. The lowest BCUT2D eigenvalue weighted by Crippen LogP contribution is -1.80. The molecule has 1 aromatic heterocycles. The third-order valence-electron chi connectivity index (χ3n) is 0.728. The number of rotatable bonds is 0. The first-order chi connectivity index (χ1) is 4.18. The van der Waals surface area contributed by atoms with Crippen molar-refractivity contribution in [2.75, 3.05) is 0 Å². The zero-order chi connectivity index (χ0) is 6.85. The minimum atomic E-state index is -0.660. The number of hydrogen-bond donors (Lipinski definition) is 0. The summed E-state index contributed by atoms with van der Waals surface area (Å²) in [6.07, 6.45) is 0. The number of halogens is 3. The summed E-state index contributed by atoms with van der Waals surface area (Å²) in [5.41, 5.74) is 0. The molecule has 0 amide bonds. The fourth-order valence-corrected chi connectivity index (χ4v) is 0.883. The molecule has 48 valence electrons. The lowest BCUT2D eigenvalue weighted by atomic mass is 10.5. The van der Waals surface area contributed by atoms with E-state index in [1.165, 1.54) is 6.07 Å². The van der Waals surface area contributed by atoms with Crippen molar-refractivity contribution in [1.82, 2.24) is 4.98 Å². The highest BCUT2D eigenvalue weighted by atomic mass is 35.5. The van der Waals surface area contributed by atoms with Crippen LogP contribution in [-0.2, 0) is 0 Å². The summed E-state index contributed by atoms with van der Waals surface area (Å²) >= 11 is 10.7. The molecule has 0 fully saturated rings. The summed E-state index contributed by atoms with van der Waals surface area (Å²) in [4.78, 5) is 3.25. The number of pyridine rings is 1. The zero-order valence-corrected chi connectivity index (χ0v) is 5.75. The second-order valence-electron chi connectivity index (χ2n) is 1.43. The van der Waals surface area contributed by atoms with Crippen LogP contribution in [0, 0.1) is 5.95 Å². The fraction of sp³-hybridized carbons (Fsp3) is 0. The van der Waals surface area contributed by atoms with Gasteiger partial charge in [0.05, 0.1) is 0 Å². The van der Waals surface area contributed by atoms with Gasteiger partial charge in [-0.1, -0.05) is 23.2 Å². The second kappa shape index (κ2) is 2.50. The summed E-state index contributed by atoms with van der Waals surface area (Å²) in [6.45, 7) is 0. The zero-order valence-electron chi connectivity index (χ0n) is 4.24. The second-order valence-corrected chi connectivity index (χ2v) is 2.25. The summed E-state index contributed by atoms with van der Waals surface area (Å²) in [5, 5.41) is 0.326. The Bertz CT molecular complexity index is 176. The molecule has 0 unspecified atom stereocenters. The van der Waals surface area contributed by atoms with Crippen molar-refractivity contribution in [2.24, 2.45) is 0 Å². The molecule has 0 N–H and O–H groups in total. The quantitative estimate of drug-likeness (QED) is 0.539. The molecule has 1 aromatic rings. The molecule has 0 atom stereocenters. The maximum atomic E-state index is 12.1. The maximum Gasteiger partial charge on any atom is 0.215 e. The summed E-state index contributed by atoms with van der Waals surface area (Å²) < 4.78 is 12.1. The van der Waals surface area contributed by atoms with Crippen LogP contribution in [0.1, 0.15) is 0 Å². The molecule has 0 saturated carbocycles. The van der Waals surface area contributed by atoms with Gasteiger partial charge < -0.3 is 0 Å². The van der Waals surface area contributed by atoms with E-state index in [0.717, 1.165) is 6.07 Å². The maximum absolute atomic E-state index is 12.1. The van der Waals surface area contributed by atoms with Crippen LogP contribution >= 0.6 is 23.2 Å². The molecule has 1 nitrogen and oxygen atoms in total. The molecule has 1 rings (SSSR count). The first-order valence-electron chi connectivity index (χ1n) is 2.17. The molecule has 0 aromatic carbocycles. The molecule has 0 bridgehead atoms. The van der Waals surface area contributed by atoms with E-state index < -0.39 is 5.95 Å². The van der Waals surface area contributed by atoms with Crippen molar-refractivity contribution in [3.8, 4) is 0 Å². The Morgan fingerprint density at radius 3 is 2.44 bits per heavy atom. The van der Waals surface area contributed by atoms with Gasteiger partial charge in [0.2, 0.25) is 5.95 Å².